The van der Waals surface area contributed by atoms with Crippen molar-refractivity contribution in [2.24, 2.45) is 0 Å². The Morgan fingerprint density at radius 1 is 1.15 bits per heavy atom. The molecule has 0 saturated heterocycles. The minimum atomic E-state index is -3.74. The number of nitrogens with one attached hydrogen (secondary N) is 1. The van der Waals surface area contributed by atoms with Gasteiger partial charge in [0.05, 0.1) is 31.2 Å². The van der Waals surface area contributed by atoms with Crippen LogP contribution in [0.25, 0.3) is 10.6 Å². The van der Waals surface area contributed by atoms with Crippen LogP contribution in [0.4, 0.5) is 0 Å². The molecule has 2 N–H and O–H groups in total. The van der Waals surface area contributed by atoms with Crippen LogP contribution in [0.5, 0.6) is 0 Å². The molecule has 0 aliphatic heterocycles. The molecule has 0 aliphatic carbocycles. The highest BCUT2D eigenvalue weighted by molar-refractivity contribution is 7.89. The molecule has 3 rings (SSSR count). The lowest BCUT2D eigenvalue weighted by atomic mass is 10.2. The summed E-state index contributed by atoms with van der Waals surface area (Å²) in [4.78, 5) is 0.932. The first-order valence-corrected chi connectivity index (χ1v) is 10.8. The number of aromatic nitrogens is 2. The summed E-state index contributed by atoms with van der Waals surface area (Å²) in [6, 6.07) is 13.5. The second-order valence-electron chi connectivity index (χ2n) is 5.74. The fourth-order valence-corrected chi connectivity index (χ4v) is 4.49. The Balaban J connectivity index is 1.84. The van der Waals surface area contributed by atoms with Crippen LogP contribution in [0, 0.1) is 0 Å². The summed E-state index contributed by atoms with van der Waals surface area (Å²) in [5.74, 6) is 0. The lowest BCUT2D eigenvalue weighted by Crippen LogP contribution is -2.28. The standard InChI is InChI=1S/C18H21N3O4S2/c22-9-11-25-10-8-19-27(23,24)17-14-21(13-15-5-2-1-3-6-15)20-18(17)16-7-4-12-26-16/h1-7,12,14,19,22H,8-11,13H2. The van der Waals surface area contributed by atoms with Crippen LogP contribution in [-0.4, -0.2) is 49.7 Å². The number of ether oxygens (including phenoxy) is 1. The van der Waals surface area contributed by atoms with E-state index in [2.05, 4.69) is 9.82 Å². The number of rotatable bonds is 10. The molecule has 0 amide bonds. The van der Waals surface area contributed by atoms with Gasteiger partial charge in [-0.05, 0) is 17.0 Å². The molecule has 0 unspecified atom stereocenters. The number of benzene rings is 1. The maximum atomic E-state index is 12.8. The van der Waals surface area contributed by atoms with E-state index >= 15 is 0 Å². The highest BCUT2D eigenvalue weighted by Crippen LogP contribution is 2.29. The van der Waals surface area contributed by atoms with E-state index in [1.807, 2.05) is 47.8 Å². The van der Waals surface area contributed by atoms with Crippen LogP contribution in [0.15, 0.2) is 58.9 Å². The quantitative estimate of drug-likeness (QED) is 0.501. The zero-order chi connectivity index (χ0) is 19.1. The second kappa shape index (κ2) is 9.25. The smallest absolute Gasteiger partial charge is 0.244 e. The summed E-state index contributed by atoms with van der Waals surface area (Å²) in [6.07, 6.45) is 1.55. The highest BCUT2D eigenvalue weighted by Gasteiger charge is 2.24. The van der Waals surface area contributed by atoms with Crippen LogP contribution in [0.1, 0.15) is 5.56 Å². The Bertz CT molecular complexity index is 938. The van der Waals surface area contributed by atoms with Gasteiger partial charge in [-0.1, -0.05) is 36.4 Å². The van der Waals surface area contributed by atoms with Crippen LogP contribution in [-0.2, 0) is 21.3 Å². The van der Waals surface area contributed by atoms with E-state index in [1.54, 1.807) is 10.9 Å². The molecule has 1 aromatic carbocycles. The number of aliphatic hydroxyl groups excluding tert-OH is 1. The number of aliphatic hydroxyl groups is 1. The van der Waals surface area contributed by atoms with Crippen molar-refractivity contribution < 1.29 is 18.3 Å². The number of hydrogen-bond donors (Lipinski definition) is 2. The molecule has 0 bridgehead atoms. The van der Waals surface area contributed by atoms with Gasteiger partial charge < -0.3 is 9.84 Å². The summed E-state index contributed by atoms with van der Waals surface area (Å²) in [5.41, 5.74) is 1.47. The maximum Gasteiger partial charge on any atom is 0.244 e. The Kier molecular flexibility index (Phi) is 6.75. The van der Waals surface area contributed by atoms with E-state index in [1.165, 1.54) is 11.3 Å². The summed E-state index contributed by atoms with van der Waals surface area (Å²) in [7, 11) is -3.74. The van der Waals surface area contributed by atoms with Gasteiger partial charge in [0.25, 0.3) is 0 Å². The SMILES string of the molecule is O=S(=O)(NCCOCCO)c1cn(Cc2ccccc2)nc1-c1cccs1. The van der Waals surface area contributed by atoms with Crippen molar-refractivity contribution in [1.29, 1.82) is 0 Å². The van der Waals surface area contributed by atoms with Crippen molar-refractivity contribution >= 4 is 21.4 Å². The van der Waals surface area contributed by atoms with Crippen molar-refractivity contribution in [3.63, 3.8) is 0 Å². The zero-order valence-corrected chi connectivity index (χ0v) is 16.2. The average molecular weight is 408 g/mol. The molecule has 0 saturated carbocycles. The molecule has 3 aromatic rings. The van der Waals surface area contributed by atoms with Gasteiger partial charge in [-0.25, -0.2) is 13.1 Å². The highest BCUT2D eigenvalue weighted by atomic mass is 32.2. The van der Waals surface area contributed by atoms with Crippen LogP contribution >= 0.6 is 11.3 Å². The Hall–Kier alpha value is -2.04. The van der Waals surface area contributed by atoms with E-state index in [4.69, 9.17) is 9.84 Å². The van der Waals surface area contributed by atoms with E-state index in [-0.39, 0.29) is 31.3 Å². The van der Waals surface area contributed by atoms with Gasteiger partial charge in [-0.15, -0.1) is 11.3 Å². The maximum absolute atomic E-state index is 12.8. The van der Waals surface area contributed by atoms with Crippen molar-refractivity contribution in [3.05, 3.63) is 59.6 Å². The van der Waals surface area contributed by atoms with Gasteiger partial charge >= 0.3 is 0 Å². The lowest BCUT2D eigenvalue weighted by Gasteiger charge is -2.06. The van der Waals surface area contributed by atoms with E-state index < -0.39 is 10.0 Å². The predicted molar refractivity (Wildman–Crippen MR) is 104 cm³/mol. The number of sulfonamides is 1. The first-order valence-electron chi connectivity index (χ1n) is 8.43. The molecule has 27 heavy (non-hydrogen) atoms. The van der Waals surface area contributed by atoms with E-state index in [0.29, 0.717) is 12.2 Å². The first-order chi connectivity index (χ1) is 13.1. The van der Waals surface area contributed by atoms with Gasteiger partial charge in [0, 0.05) is 12.7 Å². The minimum absolute atomic E-state index is 0.0957. The molecule has 2 heterocycles. The topological polar surface area (TPSA) is 93.5 Å². The molecule has 9 heteroatoms. The minimum Gasteiger partial charge on any atom is -0.394 e. The number of nitrogens with zero attached hydrogens (tertiary/aromatic N) is 2. The third-order valence-electron chi connectivity index (χ3n) is 3.73. The zero-order valence-electron chi connectivity index (χ0n) is 14.6. The van der Waals surface area contributed by atoms with Gasteiger partial charge in [0.2, 0.25) is 10.0 Å². The predicted octanol–water partition coefficient (Wildman–Crippen LogP) is 1.95. The fraction of sp³-hybridized carbons (Fsp3) is 0.278. The van der Waals surface area contributed by atoms with Crippen LogP contribution in [0.3, 0.4) is 0 Å². The molecular formula is C18H21N3O4S2. The largest absolute Gasteiger partial charge is 0.394 e. The molecule has 7 nitrogen and oxygen atoms in total. The molecule has 0 radical (unpaired) electrons. The van der Waals surface area contributed by atoms with E-state index in [9.17, 15) is 8.42 Å². The van der Waals surface area contributed by atoms with Gasteiger partial charge in [0.1, 0.15) is 10.6 Å². The summed E-state index contributed by atoms with van der Waals surface area (Å²) in [6.45, 7) is 0.870. The molecule has 0 aliphatic rings. The van der Waals surface area contributed by atoms with Crippen molar-refractivity contribution in [3.8, 4) is 10.6 Å². The Morgan fingerprint density at radius 2 is 1.96 bits per heavy atom. The van der Waals surface area contributed by atoms with Crippen molar-refractivity contribution in [1.82, 2.24) is 14.5 Å². The third-order valence-corrected chi connectivity index (χ3v) is 6.07. The Labute approximate surface area is 162 Å². The van der Waals surface area contributed by atoms with E-state index in [0.717, 1.165) is 10.4 Å². The summed E-state index contributed by atoms with van der Waals surface area (Å²) >= 11 is 1.44. The molecule has 0 atom stereocenters. The second-order valence-corrected chi connectivity index (χ2v) is 8.42. The molecule has 2 aromatic heterocycles. The van der Waals surface area contributed by atoms with Gasteiger partial charge in [-0.3, -0.25) is 4.68 Å². The molecule has 0 spiro atoms. The lowest BCUT2D eigenvalue weighted by molar-refractivity contribution is 0.0961. The monoisotopic (exact) mass is 407 g/mol. The normalized spacial score (nSPS) is 11.7. The summed E-state index contributed by atoms with van der Waals surface area (Å²) < 4.78 is 34.8. The van der Waals surface area contributed by atoms with Crippen molar-refractivity contribution in [2.75, 3.05) is 26.4 Å². The first kappa shape index (κ1) is 19.7. The Morgan fingerprint density at radius 3 is 2.67 bits per heavy atom. The summed E-state index contributed by atoms with van der Waals surface area (Å²) in [5, 5.41) is 15.1. The van der Waals surface area contributed by atoms with Gasteiger partial charge in [0.15, 0.2) is 0 Å². The van der Waals surface area contributed by atoms with Crippen LogP contribution < -0.4 is 4.72 Å². The molecule has 0 fully saturated rings. The fourth-order valence-electron chi connectivity index (χ4n) is 2.53. The van der Waals surface area contributed by atoms with Gasteiger partial charge in [-0.2, -0.15) is 5.10 Å². The third kappa shape index (κ3) is 5.24. The average Bonchev–Trinajstić information content (AvgIpc) is 3.32. The molecule has 144 valence electrons. The number of hydrogen-bond acceptors (Lipinski definition) is 6. The number of thiophene rings is 1. The van der Waals surface area contributed by atoms with Crippen molar-refractivity contribution in [2.45, 2.75) is 11.4 Å². The molecular weight excluding hydrogens is 386 g/mol. The van der Waals surface area contributed by atoms with Crippen LogP contribution in [0.2, 0.25) is 0 Å².